The molecule has 0 aromatic heterocycles. The summed E-state index contributed by atoms with van der Waals surface area (Å²) >= 11 is 0. The van der Waals surface area contributed by atoms with Crippen molar-refractivity contribution in [3.63, 3.8) is 0 Å². The lowest BCUT2D eigenvalue weighted by molar-refractivity contribution is 0.506. The van der Waals surface area contributed by atoms with Crippen LogP contribution in [-0.4, -0.2) is 0 Å². The van der Waals surface area contributed by atoms with Crippen LogP contribution >= 0.6 is 0 Å². The maximum absolute atomic E-state index is 2.55. The van der Waals surface area contributed by atoms with Gasteiger partial charge in [0, 0.05) is 32.9 Å². The highest BCUT2D eigenvalue weighted by Crippen LogP contribution is 2.51. The van der Waals surface area contributed by atoms with Gasteiger partial charge in [0.1, 0.15) is 0 Å². The highest BCUT2D eigenvalue weighted by atomic mass is 15.2. The van der Waals surface area contributed by atoms with Gasteiger partial charge in [-0.15, -0.1) is 0 Å². The van der Waals surface area contributed by atoms with Gasteiger partial charge in [0.15, 0.2) is 0 Å². The highest BCUT2D eigenvalue weighted by Gasteiger charge is 2.30. The van der Waals surface area contributed by atoms with Gasteiger partial charge in [-0.2, -0.15) is 0 Å². The molecule has 10 aromatic rings. The molecular formula is C60H54N2. The number of hydrogen-bond donors (Lipinski definition) is 0. The minimum absolute atomic E-state index is 0.109. The molecule has 2 heteroatoms. The molecule has 0 N–H and O–H groups in total. The van der Waals surface area contributed by atoms with Gasteiger partial charge in [0.25, 0.3) is 0 Å². The first-order chi connectivity index (χ1) is 30.1. The van der Waals surface area contributed by atoms with Crippen molar-refractivity contribution in [3.8, 4) is 0 Å². The minimum atomic E-state index is -0.109. The molecule has 304 valence electrons. The van der Waals surface area contributed by atoms with E-state index in [2.05, 4.69) is 245 Å². The van der Waals surface area contributed by atoms with E-state index in [1.54, 1.807) is 0 Å². The third-order valence-corrected chi connectivity index (χ3v) is 13.8. The maximum atomic E-state index is 2.55. The fraction of sp³-hybridized carbons (Fsp3) is 0.167. The second-order valence-electron chi connectivity index (χ2n) is 18.3. The SMILES string of the molecule is CCC(C)(C)c1cc(N(c2ccc3ccccc3c2)c2cccc3ccccc23)c2cc(C(C)(C)CC)cc(N(c3ccc4ccccc4c3)c3cccc4ccccc34)c2c1. The topological polar surface area (TPSA) is 6.48 Å². The molecule has 10 rings (SSSR count). The molecule has 0 aliphatic rings. The van der Waals surface area contributed by atoms with Crippen LogP contribution < -0.4 is 9.80 Å². The largest absolute Gasteiger partial charge is 0.309 e. The Balaban J connectivity index is 1.38. The lowest BCUT2D eigenvalue weighted by Crippen LogP contribution is -2.20. The van der Waals surface area contributed by atoms with Crippen LogP contribution in [-0.2, 0) is 10.8 Å². The predicted octanol–water partition coefficient (Wildman–Crippen LogP) is 17.8. The van der Waals surface area contributed by atoms with E-state index < -0.39 is 0 Å². The fourth-order valence-electron chi connectivity index (χ4n) is 9.24. The van der Waals surface area contributed by atoms with Crippen LogP contribution in [0.15, 0.2) is 194 Å². The van der Waals surface area contributed by atoms with Gasteiger partial charge in [-0.3, -0.25) is 0 Å². The van der Waals surface area contributed by atoms with Gasteiger partial charge in [-0.05, 0) is 128 Å². The van der Waals surface area contributed by atoms with Crippen LogP contribution in [0.4, 0.5) is 34.1 Å². The summed E-state index contributed by atoms with van der Waals surface area (Å²) in [5.41, 5.74) is 9.36. The molecule has 0 spiro atoms. The zero-order chi connectivity index (χ0) is 42.6. The van der Waals surface area contributed by atoms with E-state index >= 15 is 0 Å². The molecule has 0 radical (unpaired) electrons. The molecule has 0 aliphatic carbocycles. The highest BCUT2D eigenvalue weighted by molar-refractivity contribution is 6.12. The lowest BCUT2D eigenvalue weighted by atomic mass is 9.78. The molecular weight excluding hydrogens is 749 g/mol. The molecule has 2 nitrogen and oxygen atoms in total. The first-order valence-corrected chi connectivity index (χ1v) is 22.3. The normalized spacial score (nSPS) is 12.2. The maximum Gasteiger partial charge on any atom is 0.0544 e. The van der Waals surface area contributed by atoms with Crippen LogP contribution in [0.3, 0.4) is 0 Å². The number of anilines is 6. The Morgan fingerprint density at radius 2 is 0.661 bits per heavy atom. The van der Waals surface area contributed by atoms with E-state index in [0.717, 1.165) is 35.6 Å². The van der Waals surface area contributed by atoms with Gasteiger partial charge in [-0.1, -0.05) is 175 Å². The quantitative estimate of drug-likeness (QED) is 0.136. The third-order valence-electron chi connectivity index (χ3n) is 13.8. The zero-order valence-corrected chi connectivity index (χ0v) is 36.8. The Morgan fingerprint density at radius 1 is 0.306 bits per heavy atom. The third kappa shape index (κ3) is 6.85. The summed E-state index contributed by atoms with van der Waals surface area (Å²) in [7, 11) is 0. The molecule has 0 saturated carbocycles. The van der Waals surface area contributed by atoms with Gasteiger partial charge in [0.2, 0.25) is 0 Å². The van der Waals surface area contributed by atoms with E-state index in [9.17, 15) is 0 Å². The molecule has 0 fully saturated rings. The van der Waals surface area contributed by atoms with Gasteiger partial charge in [0.05, 0.1) is 22.7 Å². The van der Waals surface area contributed by atoms with Crippen molar-refractivity contribution in [2.24, 2.45) is 0 Å². The minimum Gasteiger partial charge on any atom is -0.309 e. The average Bonchev–Trinajstić information content (AvgIpc) is 3.31. The Labute approximate surface area is 366 Å². The lowest BCUT2D eigenvalue weighted by Gasteiger charge is -2.35. The van der Waals surface area contributed by atoms with Gasteiger partial charge < -0.3 is 9.80 Å². The van der Waals surface area contributed by atoms with Gasteiger partial charge in [-0.25, -0.2) is 0 Å². The molecule has 0 heterocycles. The summed E-state index contributed by atoms with van der Waals surface area (Å²) in [5.74, 6) is 0. The number of rotatable bonds is 10. The summed E-state index contributed by atoms with van der Waals surface area (Å²) in [6.45, 7) is 14.2. The van der Waals surface area contributed by atoms with E-state index in [4.69, 9.17) is 0 Å². The zero-order valence-electron chi connectivity index (χ0n) is 36.8. The monoisotopic (exact) mass is 802 g/mol. The van der Waals surface area contributed by atoms with Gasteiger partial charge >= 0.3 is 0 Å². The van der Waals surface area contributed by atoms with Crippen molar-refractivity contribution >= 4 is 88.0 Å². The molecule has 0 atom stereocenters. The van der Waals surface area contributed by atoms with E-state index in [1.165, 1.54) is 76.4 Å². The van der Waals surface area contributed by atoms with Crippen LogP contribution in [0.2, 0.25) is 0 Å². The summed E-state index contributed by atoms with van der Waals surface area (Å²) < 4.78 is 0. The number of benzene rings is 10. The molecule has 0 amide bonds. The second-order valence-corrected chi connectivity index (χ2v) is 18.3. The smallest absolute Gasteiger partial charge is 0.0544 e. The Kier molecular flexibility index (Phi) is 9.83. The summed E-state index contributed by atoms with van der Waals surface area (Å²) in [6.07, 6.45) is 1.99. The first-order valence-electron chi connectivity index (χ1n) is 22.3. The molecule has 10 aromatic carbocycles. The van der Waals surface area contributed by atoms with Crippen molar-refractivity contribution in [2.45, 2.75) is 65.2 Å². The number of nitrogens with zero attached hydrogens (tertiary/aromatic N) is 2. The molecule has 0 saturated heterocycles. The molecule has 0 unspecified atom stereocenters. The van der Waals surface area contributed by atoms with Crippen molar-refractivity contribution < 1.29 is 0 Å². The Morgan fingerprint density at radius 3 is 1.06 bits per heavy atom. The van der Waals surface area contributed by atoms with Crippen molar-refractivity contribution in [1.29, 1.82) is 0 Å². The molecule has 62 heavy (non-hydrogen) atoms. The second kappa shape index (κ2) is 15.5. The summed E-state index contributed by atoms with van der Waals surface area (Å²) in [4.78, 5) is 5.11. The standard InChI is InChI=1S/C60H54N2/c1-7-59(3,4)47-37-53-54(57(39-47)61(49-33-31-41-19-9-11-23-45(41)35-49)55-29-17-25-43-21-13-15-27-51(43)55)38-48(60(5,6)8-2)40-58(53)62(50-34-32-42-20-10-12-24-46(42)36-50)56-30-18-26-44-22-14-16-28-52(44)56/h9-40H,7-8H2,1-6H3. The van der Waals surface area contributed by atoms with Crippen LogP contribution in [0.5, 0.6) is 0 Å². The van der Waals surface area contributed by atoms with Crippen LogP contribution in [0.25, 0.3) is 53.9 Å². The molecule has 0 aliphatic heterocycles. The Hall–Kier alpha value is -6.90. The average molecular weight is 803 g/mol. The van der Waals surface area contributed by atoms with E-state index in [0.29, 0.717) is 0 Å². The molecule has 0 bridgehead atoms. The fourth-order valence-corrected chi connectivity index (χ4v) is 9.24. The summed E-state index contributed by atoms with van der Waals surface area (Å²) in [5, 5.41) is 12.2. The van der Waals surface area contributed by atoms with Crippen molar-refractivity contribution in [2.75, 3.05) is 9.80 Å². The summed E-state index contributed by atoms with van der Waals surface area (Å²) in [6, 6.07) is 72.6. The predicted molar refractivity (Wildman–Crippen MR) is 270 cm³/mol. The first kappa shape index (κ1) is 39.2. The van der Waals surface area contributed by atoms with Crippen molar-refractivity contribution in [3.05, 3.63) is 205 Å². The van der Waals surface area contributed by atoms with Crippen LogP contribution in [0, 0.1) is 0 Å². The Bertz CT molecular complexity index is 3070. The van der Waals surface area contributed by atoms with E-state index in [1.807, 2.05) is 0 Å². The number of fused-ring (bicyclic) bond motifs is 5. The van der Waals surface area contributed by atoms with Crippen LogP contribution in [0.1, 0.15) is 65.5 Å². The number of hydrogen-bond acceptors (Lipinski definition) is 2. The van der Waals surface area contributed by atoms with E-state index in [-0.39, 0.29) is 10.8 Å². The van der Waals surface area contributed by atoms with Crippen molar-refractivity contribution in [1.82, 2.24) is 0 Å².